The number of rotatable bonds is 5. The van der Waals surface area contributed by atoms with Crippen LogP contribution in [0.2, 0.25) is 0 Å². The number of amides is 1. The number of nitriles is 1. The highest BCUT2D eigenvalue weighted by Gasteiger charge is 2.36. The zero-order chi connectivity index (χ0) is 20.4. The van der Waals surface area contributed by atoms with Crippen LogP contribution in [0.3, 0.4) is 0 Å². The molecule has 0 saturated carbocycles. The summed E-state index contributed by atoms with van der Waals surface area (Å²) in [6.07, 6.45) is 1.67. The second kappa shape index (κ2) is 8.21. The van der Waals surface area contributed by atoms with Crippen LogP contribution in [0.5, 0.6) is 5.75 Å². The van der Waals surface area contributed by atoms with Crippen LogP contribution < -0.4 is 10.1 Å². The minimum absolute atomic E-state index is 0.0252. The maximum Gasteiger partial charge on any atom is 0.237 e. The Morgan fingerprint density at radius 1 is 1.41 bits per heavy atom. The van der Waals surface area contributed by atoms with E-state index in [1.165, 1.54) is 4.90 Å². The number of nitrogens with one attached hydrogen (secondary N) is 1. The van der Waals surface area contributed by atoms with Gasteiger partial charge in [-0.1, -0.05) is 12.1 Å². The van der Waals surface area contributed by atoms with E-state index >= 15 is 0 Å². The van der Waals surface area contributed by atoms with E-state index in [-0.39, 0.29) is 31.5 Å². The average Bonchev–Trinajstić information content (AvgIpc) is 3.33. The molecule has 0 bridgehead atoms. The molecule has 0 aliphatic carbocycles. The lowest BCUT2D eigenvalue weighted by Gasteiger charge is -2.23. The SMILES string of the molecule is COc1cccc2c(N[C@@H]3CCN(CC(=O)N4C[C@@H](F)C[C@H]4C#N)C3)ccnc12. The molecule has 3 heterocycles. The van der Waals surface area contributed by atoms with Gasteiger partial charge in [0.15, 0.2) is 0 Å². The summed E-state index contributed by atoms with van der Waals surface area (Å²) in [7, 11) is 1.63. The standard InChI is InChI=1S/C21H24FN5O2/c1-29-19-4-2-3-17-18(5-7-24-21(17)19)25-15-6-8-26(12-15)13-20(28)27-11-14(22)9-16(27)10-23/h2-5,7,14-16H,6,8-9,11-13H2,1H3,(H,24,25)/t14-,15+,16-/m0/s1. The predicted octanol–water partition coefficient (Wildman–Crippen LogP) is 2.19. The molecular formula is C21H24FN5O2. The van der Waals surface area contributed by atoms with Crippen LogP contribution in [0.1, 0.15) is 12.8 Å². The first-order valence-corrected chi connectivity index (χ1v) is 9.83. The minimum atomic E-state index is -1.10. The van der Waals surface area contributed by atoms with E-state index in [0.29, 0.717) is 6.54 Å². The molecule has 0 unspecified atom stereocenters. The van der Waals surface area contributed by atoms with Gasteiger partial charge in [0.05, 0.1) is 26.3 Å². The van der Waals surface area contributed by atoms with Crippen molar-refractivity contribution in [2.75, 3.05) is 38.6 Å². The molecule has 8 heteroatoms. The molecule has 1 aromatic carbocycles. The van der Waals surface area contributed by atoms with Gasteiger partial charge < -0.3 is 15.0 Å². The van der Waals surface area contributed by atoms with Gasteiger partial charge in [-0.3, -0.25) is 14.7 Å². The molecule has 29 heavy (non-hydrogen) atoms. The summed E-state index contributed by atoms with van der Waals surface area (Å²) in [6, 6.07) is 9.36. The lowest BCUT2D eigenvalue weighted by Crippen LogP contribution is -2.42. The van der Waals surface area contributed by atoms with Crippen molar-refractivity contribution in [3.8, 4) is 11.8 Å². The quantitative estimate of drug-likeness (QED) is 0.833. The molecule has 3 atom stereocenters. The summed E-state index contributed by atoms with van der Waals surface area (Å²) >= 11 is 0. The Kier molecular flexibility index (Phi) is 5.49. The number of para-hydroxylation sites is 1. The van der Waals surface area contributed by atoms with Crippen molar-refractivity contribution in [3.63, 3.8) is 0 Å². The first-order chi connectivity index (χ1) is 14.1. The third-order valence-corrected chi connectivity index (χ3v) is 5.66. The maximum absolute atomic E-state index is 13.6. The lowest BCUT2D eigenvalue weighted by atomic mass is 10.1. The molecule has 0 radical (unpaired) electrons. The van der Waals surface area contributed by atoms with Crippen LogP contribution in [-0.2, 0) is 4.79 Å². The van der Waals surface area contributed by atoms with Crippen molar-refractivity contribution in [2.45, 2.75) is 31.1 Å². The van der Waals surface area contributed by atoms with Gasteiger partial charge >= 0.3 is 0 Å². The number of fused-ring (bicyclic) bond motifs is 1. The molecule has 4 rings (SSSR count). The van der Waals surface area contributed by atoms with E-state index in [0.717, 1.165) is 35.3 Å². The molecule has 0 spiro atoms. The molecular weight excluding hydrogens is 373 g/mol. The summed E-state index contributed by atoms with van der Waals surface area (Å²) in [5.41, 5.74) is 1.79. The smallest absolute Gasteiger partial charge is 0.237 e. The molecule has 2 aromatic rings. The van der Waals surface area contributed by atoms with E-state index in [1.54, 1.807) is 13.3 Å². The first-order valence-electron chi connectivity index (χ1n) is 9.83. The highest BCUT2D eigenvalue weighted by atomic mass is 19.1. The Labute approximate surface area is 169 Å². The molecule has 1 aromatic heterocycles. The zero-order valence-electron chi connectivity index (χ0n) is 16.3. The van der Waals surface area contributed by atoms with Crippen LogP contribution in [-0.4, -0.2) is 72.2 Å². The number of anilines is 1. The van der Waals surface area contributed by atoms with Crippen molar-refractivity contribution in [3.05, 3.63) is 30.5 Å². The second-order valence-electron chi connectivity index (χ2n) is 7.60. The topological polar surface area (TPSA) is 81.5 Å². The van der Waals surface area contributed by atoms with Gasteiger partial charge in [0.25, 0.3) is 0 Å². The monoisotopic (exact) mass is 397 g/mol. The van der Waals surface area contributed by atoms with Gasteiger partial charge in [0, 0.05) is 42.8 Å². The van der Waals surface area contributed by atoms with Crippen LogP contribution in [0.15, 0.2) is 30.5 Å². The van der Waals surface area contributed by atoms with Crippen LogP contribution in [0, 0.1) is 11.3 Å². The number of benzene rings is 1. The normalized spacial score (nSPS) is 24.6. The summed E-state index contributed by atoms with van der Waals surface area (Å²) < 4.78 is 19.0. The second-order valence-corrected chi connectivity index (χ2v) is 7.60. The Hall–Kier alpha value is -2.92. The van der Waals surface area contributed by atoms with Gasteiger partial charge in [-0.25, -0.2) is 4.39 Å². The number of hydrogen-bond donors (Lipinski definition) is 1. The van der Waals surface area contributed by atoms with Gasteiger partial charge in [-0.2, -0.15) is 5.26 Å². The van der Waals surface area contributed by atoms with E-state index in [9.17, 15) is 9.18 Å². The molecule has 2 saturated heterocycles. The molecule has 2 aliphatic rings. The Morgan fingerprint density at radius 3 is 3.07 bits per heavy atom. The highest BCUT2D eigenvalue weighted by Crippen LogP contribution is 2.30. The summed E-state index contributed by atoms with van der Waals surface area (Å²) in [5, 5.41) is 13.7. The van der Waals surface area contributed by atoms with Gasteiger partial charge in [0.2, 0.25) is 5.91 Å². The molecule has 2 aliphatic heterocycles. The van der Waals surface area contributed by atoms with Gasteiger partial charge in [0.1, 0.15) is 23.5 Å². The minimum Gasteiger partial charge on any atom is -0.494 e. The van der Waals surface area contributed by atoms with Crippen molar-refractivity contribution < 1.29 is 13.9 Å². The number of methoxy groups -OCH3 is 1. The number of aromatic nitrogens is 1. The molecule has 7 nitrogen and oxygen atoms in total. The number of hydrogen-bond acceptors (Lipinski definition) is 6. The zero-order valence-corrected chi connectivity index (χ0v) is 16.3. The number of carbonyl (C=O) groups excluding carboxylic acids is 1. The number of alkyl halides is 1. The van der Waals surface area contributed by atoms with Crippen molar-refractivity contribution in [2.24, 2.45) is 0 Å². The largest absolute Gasteiger partial charge is 0.494 e. The highest BCUT2D eigenvalue weighted by molar-refractivity contribution is 5.94. The number of halogens is 1. The molecule has 1 amide bonds. The van der Waals surface area contributed by atoms with Gasteiger partial charge in [-0.05, 0) is 18.6 Å². The number of carbonyl (C=O) groups is 1. The Morgan fingerprint density at radius 2 is 2.28 bits per heavy atom. The third kappa shape index (κ3) is 3.96. The fourth-order valence-electron chi connectivity index (χ4n) is 4.22. The van der Waals surface area contributed by atoms with E-state index < -0.39 is 12.2 Å². The van der Waals surface area contributed by atoms with Gasteiger partial charge in [-0.15, -0.1) is 0 Å². The summed E-state index contributed by atoms with van der Waals surface area (Å²) in [4.78, 5) is 20.4. The fourth-order valence-corrected chi connectivity index (χ4v) is 4.22. The van der Waals surface area contributed by atoms with E-state index in [1.807, 2.05) is 30.3 Å². The summed E-state index contributed by atoms with van der Waals surface area (Å²) in [6.45, 7) is 1.73. The lowest BCUT2D eigenvalue weighted by molar-refractivity contribution is -0.132. The van der Waals surface area contributed by atoms with E-state index in [4.69, 9.17) is 10.00 Å². The third-order valence-electron chi connectivity index (χ3n) is 5.66. The Bertz CT molecular complexity index is 946. The molecule has 1 N–H and O–H groups in total. The van der Waals surface area contributed by atoms with Crippen LogP contribution in [0.4, 0.5) is 10.1 Å². The van der Waals surface area contributed by atoms with Crippen molar-refractivity contribution >= 4 is 22.5 Å². The van der Waals surface area contributed by atoms with E-state index in [2.05, 4.69) is 15.2 Å². The van der Waals surface area contributed by atoms with Crippen LogP contribution in [0.25, 0.3) is 10.9 Å². The maximum atomic E-state index is 13.6. The number of pyridine rings is 1. The van der Waals surface area contributed by atoms with Crippen molar-refractivity contribution in [1.29, 1.82) is 5.26 Å². The summed E-state index contributed by atoms with van der Waals surface area (Å²) in [5.74, 6) is 0.560. The molecule has 2 fully saturated rings. The predicted molar refractivity (Wildman–Crippen MR) is 107 cm³/mol. The number of likely N-dealkylation sites (tertiary alicyclic amines) is 2. The molecule has 152 valence electrons. The fraction of sp³-hybridized carbons (Fsp3) is 0.476. The Balaban J connectivity index is 1.39. The van der Waals surface area contributed by atoms with Crippen LogP contribution >= 0.6 is 0 Å². The number of ether oxygens (including phenoxy) is 1. The average molecular weight is 397 g/mol. The first kappa shape index (κ1) is 19.4. The number of nitrogens with zero attached hydrogens (tertiary/aromatic N) is 4. The van der Waals surface area contributed by atoms with Crippen molar-refractivity contribution in [1.82, 2.24) is 14.8 Å².